The molecule has 1 saturated carbocycles. The Morgan fingerprint density at radius 3 is 2.10 bits per heavy atom. The summed E-state index contributed by atoms with van der Waals surface area (Å²) in [5.74, 6) is 0.608. The summed E-state index contributed by atoms with van der Waals surface area (Å²) in [5, 5.41) is 5.76. The van der Waals surface area contributed by atoms with E-state index < -0.39 is 0 Å². The molecular formula is C16H13Cl4N. The van der Waals surface area contributed by atoms with Crippen molar-refractivity contribution in [3.8, 4) is 0 Å². The maximum Gasteiger partial charge on any atom is 0.0653 e. The lowest BCUT2D eigenvalue weighted by molar-refractivity contribution is 0.679. The zero-order valence-electron chi connectivity index (χ0n) is 11.0. The minimum absolute atomic E-state index is 0.206. The molecule has 1 aliphatic rings. The summed E-state index contributed by atoms with van der Waals surface area (Å²) >= 11 is 24.3. The van der Waals surface area contributed by atoms with Crippen LogP contribution in [0.5, 0.6) is 0 Å². The molecule has 110 valence electrons. The van der Waals surface area contributed by atoms with Crippen LogP contribution >= 0.6 is 46.4 Å². The Labute approximate surface area is 144 Å². The summed E-state index contributed by atoms with van der Waals surface area (Å²) in [4.78, 5) is 0. The molecule has 2 aromatic rings. The van der Waals surface area contributed by atoms with Crippen LogP contribution in [0.4, 0.5) is 5.69 Å². The maximum atomic E-state index is 6.26. The van der Waals surface area contributed by atoms with Crippen LogP contribution in [-0.2, 0) is 0 Å². The van der Waals surface area contributed by atoms with Crippen molar-refractivity contribution in [3.05, 3.63) is 62.1 Å². The average Bonchev–Trinajstić information content (AvgIpc) is 3.27. The lowest BCUT2D eigenvalue weighted by Crippen LogP contribution is -2.13. The second-order valence-corrected chi connectivity index (χ2v) is 6.92. The number of nitrogens with one attached hydrogen (secondary N) is 1. The minimum atomic E-state index is 0.206. The van der Waals surface area contributed by atoms with Gasteiger partial charge >= 0.3 is 0 Å². The van der Waals surface area contributed by atoms with Crippen molar-refractivity contribution in [1.29, 1.82) is 0 Å². The van der Waals surface area contributed by atoms with E-state index in [1.165, 1.54) is 18.4 Å². The lowest BCUT2D eigenvalue weighted by atomic mass is 10.0. The van der Waals surface area contributed by atoms with Gasteiger partial charge in [0.05, 0.1) is 26.8 Å². The topological polar surface area (TPSA) is 12.0 Å². The van der Waals surface area contributed by atoms with Gasteiger partial charge in [-0.1, -0.05) is 58.5 Å². The van der Waals surface area contributed by atoms with Crippen LogP contribution in [0.3, 0.4) is 0 Å². The van der Waals surface area contributed by atoms with E-state index in [0.717, 1.165) is 10.7 Å². The van der Waals surface area contributed by atoms with Gasteiger partial charge in [0, 0.05) is 5.02 Å². The number of anilines is 1. The Hall–Kier alpha value is -0.600. The molecule has 0 aliphatic heterocycles. The molecule has 0 bridgehead atoms. The van der Waals surface area contributed by atoms with Crippen LogP contribution in [0.15, 0.2) is 36.4 Å². The number of benzene rings is 2. The first-order valence-electron chi connectivity index (χ1n) is 6.71. The highest BCUT2D eigenvalue weighted by molar-refractivity contribution is 6.44. The van der Waals surface area contributed by atoms with Crippen LogP contribution in [-0.4, -0.2) is 0 Å². The molecule has 0 heterocycles. The largest absolute Gasteiger partial charge is 0.377 e. The minimum Gasteiger partial charge on any atom is -0.377 e. The van der Waals surface area contributed by atoms with E-state index in [4.69, 9.17) is 46.4 Å². The molecule has 1 aliphatic carbocycles. The van der Waals surface area contributed by atoms with Gasteiger partial charge in [0.2, 0.25) is 0 Å². The molecule has 3 rings (SSSR count). The second-order valence-electron chi connectivity index (χ2n) is 5.26. The maximum absolute atomic E-state index is 6.26. The fourth-order valence-corrected chi connectivity index (χ4v) is 3.10. The first-order chi connectivity index (χ1) is 10.0. The van der Waals surface area contributed by atoms with E-state index in [9.17, 15) is 0 Å². The Bertz CT molecular complexity index is 650. The predicted octanol–water partition coefficient (Wildman–Crippen LogP) is 6.86. The van der Waals surface area contributed by atoms with Crippen LogP contribution in [0.2, 0.25) is 20.1 Å². The van der Waals surface area contributed by atoms with E-state index >= 15 is 0 Å². The van der Waals surface area contributed by atoms with Crippen molar-refractivity contribution < 1.29 is 0 Å². The summed E-state index contributed by atoms with van der Waals surface area (Å²) in [6, 6.07) is 11.6. The molecule has 1 atom stereocenters. The average molecular weight is 361 g/mol. The third-order valence-corrected chi connectivity index (χ3v) is 4.93. The smallest absolute Gasteiger partial charge is 0.0653 e. The van der Waals surface area contributed by atoms with Gasteiger partial charge in [0.15, 0.2) is 0 Å². The highest BCUT2D eigenvalue weighted by atomic mass is 35.5. The van der Waals surface area contributed by atoms with Gasteiger partial charge in [0.1, 0.15) is 0 Å². The Kier molecular flexibility index (Phi) is 4.56. The fraction of sp³-hybridized carbons (Fsp3) is 0.250. The molecule has 0 amide bonds. The first-order valence-corrected chi connectivity index (χ1v) is 8.22. The zero-order chi connectivity index (χ0) is 15.0. The summed E-state index contributed by atoms with van der Waals surface area (Å²) < 4.78 is 0. The molecule has 5 heteroatoms. The van der Waals surface area contributed by atoms with Gasteiger partial charge in [-0.2, -0.15) is 0 Å². The van der Waals surface area contributed by atoms with E-state index in [-0.39, 0.29) is 6.04 Å². The van der Waals surface area contributed by atoms with E-state index in [1.807, 2.05) is 24.3 Å². The first kappa shape index (κ1) is 15.3. The Morgan fingerprint density at radius 2 is 1.48 bits per heavy atom. The zero-order valence-corrected chi connectivity index (χ0v) is 14.1. The summed E-state index contributed by atoms with van der Waals surface area (Å²) in [6.07, 6.45) is 2.42. The number of halogens is 4. The van der Waals surface area contributed by atoms with Crippen LogP contribution in [0.1, 0.15) is 24.4 Å². The number of hydrogen-bond donors (Lipinski definition) is 1. The van der Waals surface area contributed by atoms with E-state index in [1.54, 1.807) is 12.1 Å². The molecular weight excluding hydrogens is 348 g/mol. The molecule has 0 saturated heterocycles. The molecule has 1 N–H and O–H groups in total. The molecule has 1 unspecified atom stereocenters. The third kappa shape index (κ3) is 3.60. The SMILES string of the molecule is Clc1ccc(C(Nc2cc(Cl)c(Cl)cc2Cl)C2CC2)cc1. The molecule has 0 radical (unpaired) electrons. The van der Waals surface area contributed by atoms with E-state index in [2.05, 4.69) is 5.32 Å². The number of hydrogen-bond acceptors (Lipinski definition) is 1. The van der Waals surface area contributed by atoms with Gasteiger partial charge < -0.3 is 5.32 Å². The molecule has 2 aromatic carbocycles. The lowest BCUT2D eigenvalue weighted by Gasteiger charge is -2.21. The second kappa shape index (κ2) is 6.26. The van der Waals surface area contributed by atoms with Crippen molar-refractivity contribution in [1.82, 2.24) is 0 Å². The molecule has 21 heavy (non-hydrogen) atoms. The molecule has 1 fully saturated rings. The molecule has 1 nitrogen and oxygen atoms in total. The van der Waals surface area contributed by atoms with Crippen LogP contribution in [0.25, 0.3) is 0 Å². The Balaban J connectivity index is 1.89. The van der Waals surface area contributed by atoms with Crippen molar-refractivity contribution in [2.24, 2.45) is 5.92 Å². The summed E-state index contributed by atoms with van der Waals surface area (Å²) in [7, 11) is 0. The predicted molar refractivity (Wildman–Crippen MR) is 92.0 cm³/mol. The van der Waals surface area contributed by atoms with Gasteiger partial charge in [-0.15, -0.1) is 0 Å². The summed E-state index contributed by atoms with van der Waals surface area (Å²) in [6.45, 7) is 0. The normalized spacial score (nSPS) is 15.8. The van der Waals surface area contributed by atoms with Gasteiger partial charge in [0.25, 0.3) is 0 Å². The van der Waals surface area contributed by atoms with Crippen molar-refractivity contribution in [3.63, 3.8) is 0 Å². The fourth-order valence-electron chi connectivity index (χ4n) is 2.37. The van der Waals surface area contributed by atoms with Crippen LogP contribution < -0.4 is 5.32 Å². The highest BCUT2D eigenvalue weighted by Gasteiger charge is 2.32. The van der Waals surface area contributed by atoms with Crippen molar-refractivity contribution >= 4 is 52.1 Å². The monoisotopic (exact) mass is 359 g/mol. The highest BCUT2D eigenvalue weighted by Crippen LogP contribution is 2.44. The standard InChI is InChI=1S/C16H13Cl4N/c17-11-5-3-10(4-6-11)16(9-1-2-9)21-15-8-13(19)12(18)7-14(15)20/h3-9,16,21H,1-2H2. The molecule has 0 spiro atoms. The third-order valence-electron chi connectivity index (χ3n) is 3.64. The van der Waals surface area contributed by atoms with Crippen molar-refractivity contribution in [2.75, 3.05) is 5.32 Å². The van der Waals surface area contributed by atoms with E-state index in [0.29, 0.717) is 21.0 Å². The Morgan fingerprint density at radius 1 is 0.857 bits per heavy atom. The van der Waals surface area contributed by atoms with Gasteiger partial charge in [-0.05, 0) is 48.6 Å². The molecule has 0 aromatic heterocycles. The number of rotatable bonds is 4. The van der Waals surface area contributed by atoms with Gasteiger partial charge in [-0.25, -0.2) is 0 Å². The van der Waals surface area contributed by atoms with Crippen LogP contribution in [0, 0.1) is 5.92 Å². The van der Waals surface area contributed by atoms with Gasteiger partial charge in [-0.3, -0.25) is 0 Å². The quantitative estimate of drug-likeness (QED) is 0.587. The summed E-state index contributed by atoms with van der Waals surface area (Å²) in [5.41, 5.74) is 2.00. The van der Waals surface area contributed by atoms with Crippen molar-refractivity contribution in [2.45, 2.75) is 18.9 Å².